The van der Waals surface area contributed by atoms with Crippen molar-refractivity contribution in [3.8, 4) is 0 Å². The molecule has 6 rings (SSSR count). The van der Waals surface area contributed by atoms with Gasteiger partial charge >= 0.3 is 10.2 Å². The zero-order valence-electron chi connectivity index (χ0n) is 37.6. The van der Waals surface area contributed by atoms with E-state index in [9.17, 15) is 27.6 Å². The van der Waals surface area contributed by atoms with Gasteiger partial charge in [-0.05, 0) is 99.3 Å². The Kier molecular flexibility index (Phi) is 12.1. The monoisotopic (exact) mass is 830 g/mol. The summed E-state index contributed by atoms with van der Waals surface area (Å²) >= 11 is 0. The van der Waals surface area contributed by atoms with Crippen molar-refractivity contribution in [1.29, 1.82) is 0 Å². The molecule has 58 heavy (non-hydrogen) atoms. The van der Waals surface area contributed by atoms with E-state index in [0.29, 0.717) is 38.9 Å². The van der Waals surface area contributed by atoms with Crippen molar-refractivity contribution in [2.24, 2.45) is 44.3 Å². The van der Waals surface area contributed by atoms with Gasteiger partial charge in [0.25, 0.3) is 0 Å². The van der Waals surface area contributed by atoms with Gasteiger partial charge in [-0.1, -0.05) is 81.6 Å². The van der Waals surface area contributed by atoms with Crippen LogP contribution in [-0.4, -0.2) is 102 Å². The smallest absolute Gasteiger partial charge is 0.303 e. The van der Waals surface area contributed by atoms with Crippen LogP contribution < -0.4 is 10.0 Å². The predicted octanol–water partition coefficient (Wildman–Crippen LogP) is 6.03. The van der Waals surface area contributed by atoms with Gasteiger partial charge < -0.3 is 10.2 Å². The lowest BCUT2D eigenvalue weighted by Crippen LogP contribution is -2.58. The van der Waals surface area contributed by atoms with E-state index in [2.05, 4.69) is 42.6 Å². The number of hydrogen-bond donors (Lipinski definition) is 2. The van der Waals surface area contributed by atoms with Crippen LogP contribution in [0.25, 0.3) is 0 Å². The third-order valence-corrected chi connectivity index (χ3v) is 18.0. The lowest BCUT2D eigenvalue weighted by atomic mass is 9.73. The third kappa shape index (κ3) is 7.62. The second-order valence-corrected chi connectivity index (χ2v) is 23.9. The Morgan fingerprint density at radius 3 is 1.93 bits per heavy atom. The molecular formula is C45H75N5O7S. The average molecular weight is 830 g/mol. The predicted molar refractivity (Wildman–Crippen MR) is 224 cm³/mol. The van der Waals surface area contributed by atoms with E-state index in [1.165, 1.54) is 4.31 Å². The van der Waals surface area contributed by atoms with Crippen LogP contribution in [0.5, 0.6) is 0 Å². The Bertz CT molecular complexity index is 1750. The topological polar surface area (TPSA) is 153 Å². The lowest BCUT2D eigenvalue weighted by Gasteiger charge is -2.40. The quantitative estimate of drug-likeness (QED) is 0.215. The van der Waals surface area contributed by atoms with Gasteiger partial charge in [-0.3, -0.25) is 28.9 Å². The minimum atomic E-state index is -4.03. The molecule has 0 bridgehead atoms. The van der Waals surface area contributed by atoms with E-state index < -0.39 is 50.4 Å². The summed E-state index contributed by atoms with van der Waals surface area (Å²) in [5, 5.41) is 3.16. The molecule has 6 fully saturated rings. The normalized spacial score (nSPS) is 31.9. The molecule has 3 amide bonds. The van der Waals surface area contributed by atoms with Crippen molar-refractivity contribution >= 4 is 39.5 Å². The van der Waals surface area contributed by atoms with Gasteiger partial charge in [-0.25, -0.2) is 4.72 Å². The number of amides is 3. The summed E-state index contributed by atoms with van der Waals surface area (Å²) in [5.74, 6) is -2.29. The molecule has 0 radical (unpaired) electrons. The molecule has 3 aliphatic heterocycles. The maximum atomic E-state index is 15.3. The van der Waals surface area contributed by atoms with Crippen molar-refractivity contribution in [2.75, 3.05) is 26.2 Å². The highest BCUT2D eigenvalue weighted by atomic mass is 32.2. The van der Waals surface area contributed by atoms with E-state index in [0.717, 1.165) is 57.9 Å². The van der Waals surface area contributed by atoms with Gasteiger partial charge in [0.15, 0.2) is 11.6 Å². The first-order chi connectivity index (χ1) is 26.8. The number of fused-ring (bicyclic) bond motifs is 1. The number of rotatable bonds is 14. The van der Waals surface area contributed by atoms with Gasteiger partial charge in [-0.15, -0.1) is 0 Å². The van der Waals surface area contributed by atoms with Crippen LogP contribution >= 0.6 is 0 Å². The number of nitrogens with one attached hydrogen (secondary N) is 2. The first-order valence-electron chi connectivity index (χ1n) is 22.5. The van der Waals surface area contributed by atoms with E-state index in [4.69, 9.17) is 0 Å². The molecule has 12 nitrogen and oxygen atoms in total. The minimum absolute atomic E-state index is 0.0373. The summed E-state index contributed by atoms with van der Waals surface area (Å²) in [5.41, 5.74) is -2.71. The van der Waals surface area contributed by atoms with Crippen molar-refractivity contribution < 1.29 is 32.4 Å². The molecule has 7 atom stereocenters. The van der Waals surface area contributed by atoms with Gasteiger partial charge in [0.2, 0.25) is 17.7 Å². The fourth-order valence-electron chi connectivity index (χ4n) is 12.4. The Labute approximate surface area is 349 Å². The highest BCUT2D eigenvalue weighted by Gasteiger charge is 2.85. The molecule has 2 N–H and O–H groups in total. The summed E-state index contributed by atoms with van der Waals surface area (Å²) in [6.07, 6.45) is 8.76. The fourth-order valence-corrected chi connectivity index (χ4v) is 13.7. The second-order valence-electron chi connectivity index (χ2n) is 22.2. The number of piperidine rings is 1. The van der Waals surface area contributed by atoms with Gasteiger partial charge in [0, 0.05) is 49.9 Å². The largest absolute Gasteiger partial charge is 0.344 e. The van der Waals surface area contributed by atoms with Crippen molar-refractivity contribution in [2.45, 2.75) is 184 Å². The first kappa shape index (κ1) is 45.2. The molecule has 3 saturated carbocycles. The van der Waals surface area contributed by atoms with Gasteiger partial charge in [0.1, 0.15) is 0 Å². The molecule has 3 heterocycles. The summed E-state index contributed by atoms with van der Waals surface area (Å²) in [4.78, 5) is 76.6. The summed E-state index contributed by atoms with van der Waals surface area (Å²) in [6.45, 7) is 24.4. The maximum absolute atomic E-state index is 15.3. The first-order valence-corrected chi connectivity index (χ1v) is 24.0. The SMILES string of the molecule is CC[C@@H]1C[C@]1(CC(=O)[C@@H]1C[C@@]2(CN1C(=O)[C@@H](CC(=O)[C@@H](NC(=O)[C@@H]1CCCCN1C(C)C)C(C)(C)C)C(C)(C)C)C(C)(C)C21CCC1)C(=O)NS(=O)(=O)N1CCCC1. The van der Waals surface area contributed by atoms with Crippen molar-refractivity contribution in [1.82, 2.24) is 24.1 Å². The lowest BCUT2D eigenvalue weighted by molar-refractivity contribution is -0.147. The van der Waals surface area contributed by atoms with Crippen LogP contribution in [0, 0.1) is 44.3 Å². The van der Waals surface area contributed by atoms with Crippen LogP contribution in [0.15, 0.2) is 0 Å². The summed E-state index contributed by atoms with van der Waals surface area (Å²) in [7, 11) is -4.03. The number of ketones is 2. The highest BCUT2D eigenvalue weighted by molar-refractivity contribution is 7.87. The van der Waals surface area contributed by atoms with Crippen LogP contribution in [-0.2, 0) is 34.2 Å². The molecule has 0 aromatic carbocycles. The van der Waals surface area contributed by atoms with Crippen molar-refractivity contribution in [3.63, 3.8) is 0 Å². The van der Waals surface area contributed by atoms with E-state index in [-0.39, 0.29) is 70.5 Å². The molecule has 0 aromatic rings. The second kappa shape index (κ2) is 15.5. The Hall–Kier alpha value is -2.38. The van der Waals surface area contributed by atoms with Crippen LogP contribution in [0.3, 0.4) is 0 Å². The Balaban J connectivity index is 1.27. The molecule has 0 aromatic heterocycles. The van der Waals surface area contributed by atoms with Gasteiger partial charge in [0.05, 0.1) is 23.5 Å². The number of nitrogens with zero attached hydrogens (tertiary/aromatic N) is 3. The van der Waals surface area contributed by atoms with Crippen LogP contribution in [0.2, 0.25) is 0 Å². The fraction of sp³-hybridized carbons (Fsp3) is 0.889. The highest BCUT2D eigenvalue weighted by Crippen LogP contribution is 2.88. The maximum Gasteiger partial charge on any atom is 0.303 e. The van der Waals surface area contributed by atoms with Gasteiger partial charge in [-0.2, -0.15) is 12.7 Å². The molecule has 13 heteroatoms. The number of Topliss-reactive ketones (excluding diaryl/α,β-unsaturated/α-hetero) is 2. The van der Waals surface area contributed by atoms with E-state index in [1.807, 2.05) is 48.5 Å². The number of carbonyl (C=O) groups is 5. The molecule has 328 valence electrons. The Morgan fingerprint density at radius 1 is 0.810 bits per heavy atom. The summed E-state index contributed by atoms with van der Waals surface area (Å²) in [6, 6.07) is -1.72. The number of hydrogen-bond acceptors (Lipinski definition) is 8. The molecule has 0 unspecified atom stereocenters. The van der Waals surface area contributed by atoms with Crippen molar-refractivity contribution in [3.05, 3.63) is 0 Å². The molecule has 3 saturated heterocycles. The molecule has 3 aliphatic carbocycles. The standard InChI is InChI=1S/C45H75N5O7S/c1-12-30-25-43(30,39(55)47-58(56,57)48-21-15-16-22-48)27-35(52)33-26-45(42(10,11)44(45)19-17-20-44)28-50(33)38(54)31(40(4,5)6)24-34(51)36(41(7,8)9)46-37(53)32-18-13-14-23-49(32)29(2)3/h29-33,36H,12-28H2,1-11H3,(H,46,53)(H,47,55)/t30-,31-,32+,33+,36-,43-,45-/m1/s1. The zero-order valence-corrected chi connectivity index (χ0v) is 38.4. The minimum Gasteiger partial charge on any atom is -0.344 e. The number of likely N-dealkylation sites (tertiary alicyclic amines) is 2. The van der Waals surface area contributed by atoms with E-state index >= 15 is 4.79 Å². The third-order valence-electron chi connectivity index (χ3n) is 16.5. The van der Waals surface area contributed by atoms with E-state index in [1.54, 1.807) is 4.90 Å². The van der Waals surface area contributed by atoms with Crippen LogP contribution in [0.4, 0.5) is 0 Å². The average Bonchev–Trinajstić information content (AvgIpc) is 3.57. The number of carbonyl (C=O) groups excluding carboxylic acids is 5. The Morgan fingerprint density at radius 2 is 1.43 bits per heavy atom. The summed E-state index contributed by atoms with van der Waals surface area (Å²) < 4.78 is 30.1. The van der Waals surface area contributed by atoms with Crippen LogP contribution in [0.1, 0.15) is 160 Å². The molecule has 2 spiro atoms. The zero-order chi connectivity index (χ0) is 43.0. The molecular weight excluding hydrogens is 755 g/mol. The molecule has 6 aliphatic rings.